The summed E-state index contributed by atoms with van der Waals surface area (Å²) in [4.78, 5) is 112. The first-order valence-corrected chi connectivity index (χ1v) is 29.5. The van der Waals surface area contributed by atoms with Crippen LogP contribution in [0.2, 0.25) is 0 Å². The van der Waals surface area contributed by atoms with E-state index in [9.17, 15) is 73.8 Å². The number of imide groups is 1. The first-order chi connectivity index (χ1) is 40.3. The molecule has 11 atom stereocenters. The van der Waals surface area contributed by atoms with E-state index in [1.807, 2.05) is 0 Å². The normalized spacial score (nSPS) is 25.1. The summed E-state index contributed by atoms with van der Waals surface area (Å²) in [5, 5.41) is 79.8. The van der Waals surface area contributed by atoms with Crippen molar-refractivity contribution in [1.82, 2.24) is 42.1 Å². The summed E-state index contributed by atoms with van der Waals surface area (Å²) in [6, 6.07) is -3.10. The van der Waals surface area contributed by atoms with Crippen LogP contribution in [0.5, 0.6) is 0 Å². The number of rotatable bonds is 40. The fourth-order valence-electron chi connectivity index (χ4n) is 9.96. The van der Waals surface area contributed by atoms with E-state index in [2.05, 4.69) is 37.2 Å². The maximum Gasteiger partial charge on any atom is 0.253 e. The van der Waals surface area contributed by atoms with Crippen molar-refractivity contribution in [2.24, 2.45) is 0 Å². The summed E-state index contributed by atoms with van der Waals surface area (Å²) in [6.45, 7) is 2.85. The Hall–Kier alpha value is -5.31. The quantitative estimate of drug-likeness (QED) is 0.0165. The molecule has 0 radical (unpaired) electrons. The van der Waals surface area contributed by atoms with Gasteiger partial charge in [0.05, 0.1) is 26.4 Å². The lowest BCUT2D eigenvalue weighted by Crippen LogP contribution is -2.64. The summed E-state index contributed by atoms with van der Waals surface area (Å²) < 4.78 is 34.9. The van der Waals surface area contributed by atoms with Gasteiger partial charge in [-0.2, -0.15) is 0 Å². The number of aliphatic hydroxyl groups excluding tert-OH is 6. The number of nitrogens with one attached hydrogen (secondary N) is 7. The predicted octanol–water partition coefficient (Wildman–Crippen LogP) is -3.06. The van der Waals surface area contributed by atoms with Gasteiger partial charge in [-0.15, -0.1) is 0 Å². The minimum Gasteiger partial charge on any atom is -0.394 e. The fraction of sp³-hybridized carbons (Fsp3) is 0.800. The van der Waals surface area contributed by atoms with Gasteiger partial charge in [-0.05, 0) is 70.6 Å². The number of aliphatic hydroxyl groups is 6. The topological polar surface area (TPSA) is 418 Å². The summed E-state index contributed by atoms with van der Waals surface area (Å²) in [5.74, 6) is -4.22. The second kappa shape index (κ2) is 38.7. The first-order valence-electron chi connectivity index (χ1n) is 29.5. The molecule has 0 bridgehead atoms. The molecule has 0 aromatic heterocycles. The number of hydrogen-bond donors (Lipinski definition) is 13. The van der Waals surface area contributed by atoms with Crippen LogP contribution in [0.25, 0.3) is 0 Å². The number of amides is 9. The van der Waals surface area contributed by atoms with Gasteiger partial charge < -0.3 is 96.3 Å². The summed E-state index contributed by atoms with van der Waals surface area (Å²) >= 11 is 0. The van der Waals surface area contributed by atoms with Crippen LogP contribution in [-0.2, 0) is 71.6 Å². The Labute approximate surface area is 489 Å². The molecule has 4 aliphatic rings. The highest BCUT2D eigenvalue weighted by molar-refractivity contribution is 6.13. The molecule has 1 aliphatic carbocycles. The monoisotopic (exact) mass is 1200 g/mol. The maximum atomic E-state index is 13.5. The molecular formula is C55H92N8O21. The minimum atomic E-state index is -1.48. The lowest BCUT2D eigenvalue weighted by molar-refractivity contribution is -0.270. The molecule has 0 aromatic carbocycles. The average molecular weight is 1200 g/mol. The Morgan fingerprint density at radius 2 is 1.01 bits per heavy atom. The molecule has 3 heterocycles. The molecule has 29 heteroatoms. The van der Waals surface area contributed by atoms with E-state index < -0.39 is 122 Å². The molecule has 4 rings (SSSR count). The fourth-order valence-corrected chi connectivity index (χ4v) is 9.96. The number of ether oxygens (including phenoxy) is 6. The van der Waals surface area contributed by atoms with Crippen LogP contribution < -0.4 is 37.2 Å². The molecule has 3 fully saturated rings. The first kappa shape index (κ1) is 71.2. The van der Waals surface area contributed by atoms with Crippen molar-refractivity contribution < 1.29 is 102 Å². The van der Waals surface area contributed by atoms with Gasteiger partial charge in [-0.25, -0.2) is 0 Å². The zero-order valence-electron chi connectivity index (χ0n) is 48.5. The Bertz CT molecular complexity index is 2100. The SMILES string of the molecule is CC(=O)NC1[C@H](OCCCCC(=O)NCCCC[C@H](NC(=O)CCCCOC2OC(CO)[C@H](O)[C@H](O)[C@@H]2NC(C)=O)C(=O)NCCCCCC(=O)NCCOC2(OCCNC(=O)CCN3C(=O)C=CC3=O)CCCCC2)OC(CO)C(O)[C@@H]1O. The Morgan fingerprint density at radius 3 is 1.51 bits per heavy atom. The van der Waals surface area contributed by atoms with Crippen LogP contribution in [0, 0.1) is 0 Å². The van der Waals surface area contributed by atoms with E-state index in [0.717, 1.165) is 24.2 Å². The molecule has 1 saturated carbocycles. The van der Waals surface area contributed by atoms with Crippen LogP contribution in [0.1, 0.15) is 136 Å². The molecule has 5 unspecified atom stereocenters. The van der Waals surface area contributed by atoms with Crippen molar-refractivity contribution in [3.05, 3.63) is 12.2 Å². The number of carbonyl (C=O) groups excluding carboxylic acids is 9. The van der Waals surface area contributed by atoms with Gasteiger partial charge in [0.25, 0.3) is 11.8 Å². The largest absolute Gasteiger partial charge is 0.394 e. The molecule has 2 saturated heterocycles. The van der Waals surface area contributed by atoms with E-state index in [0.29, 0.717) is 77.2 Å². The highest BCUT2D eigenvalue weighted by atomic mass is 16.7. The predicted molar refractivity (Wildman–Crippen MR) is 295 cm³/mol. The minimum absolute atomic E-state index is 0.0119. The van der Waals surface area contributed by atoms with Gasteiger partial charge in [0.2, 0.25) is 41.4 Å². The molecule has 0 spiro atoms. The van der Waals surface area contributed by atoms with E-state index in [1.165, 1.54) is 26.0 Å². The lowest BCUT2D eigenvalue weighted by atomic mass is 9.94. The Balaban J connectivity index is 1.15. The van der Waals surface area contributed by atoms with Crippen LogP contribution in [0.3, 0.4) is 0 Å². The molecule has 478 valence electrons. The van der Waals surface area contributed by atoms with Crippen molar-refractivity contribution in [1.29, 1.82) is 0 Å². The molecular weight excluding hydrogens is 1110 g/mol. The van der Waals surface area contributed by atoms with Gasteiger partial charge in [0.1, 0.15) is 54.7 Å². The van der Waals surface area contributed by atoms with Crippen LogP contribution >= 0.6 is 0 Å². The third kappa shape index (κ3) is 25.3. The zero-order valence-corrected chi connectivity index (χ0v) is 48.5. The van der Waals surface area contributed by atoms with E-state index >= 15 is 0 Å². The third-order valence-electron chi connectivity index (χ3n) is 14.6. The summed E-state index contributed by atoms with van der Waals surface area (Å²) in [5.41, 5.74) is 0. The van der Waals surface area contributed by atoms with Crippen molar-refractivity contribution in [2.45, 2.75) is 209 Å². The van der Waals surface area contributed by atoms with Crippen LogP contribution in [-0.4, -0.2) is 234 Å². The molecule has 84 heavy (non-hydrogen) atoms. The van der Waals surface area contributed by atoms with Crippen molar-refractivity contribution in [3.63, 3.8) is 0 Å². The van der Waals surface area contributed by atoms with E-state index in [1.54, 1.807) is 0 Å². The Morgan fingerprint density at radius 1 is 0.560 bits per heavy atom. The third-order valence-corrected chi connectivity index (χ3v) is 14.6. The highest BCUT2D eigenvalue weighted by Crippen LogP contribution is 2.33. The standard InChI is InChI=1S/C55H92N8O21/c1-35(66)60-46-50(76)48(74)38(33-64)83-53(46)79-29-13-7-17-40(68)56-24-12-6-15-37(62-43(71)18-8-14-30-80-54-47(61-36(2)67)51(77)49(75)39(34-65)84-54)52(78)59-25-11-3-5-16-41(69)57-26-31-81-55(22-9-4-10-23-55)82-32-27-58-42(70)21-28-63-44(72)19-20-45(63)73/h19-20,37-39,46-51,53-54,64-65,74-77H,3-18,21-34H2,1-2H3,(H,56,68)(H,57,69)(H,58,70)(H,59,78)(H,60,66)(H,61,67)(H,62,71)/t37-,38?,39?,46?,47-,48?,49-,50+,51+,53+,54?/m0/s1. The second-order valence-electron chi connectivity index (χ2n) is 21.4. The van der Waals surface area contributed by atoms with Crippen LogP contribution in [0.15, 0.2) is 12.2 Å². The van der Waals surface area contributed by atoms with Gasteiger partial charge in [0.15, 0.2) is 18.4 Å². The molecule has 13 N–H and O–H groups in total. The van der Waals surface area contributed by atoms with Gasteiger partial charge in [0, 0.05) is 110 Å². The molecule has 29 nitrogen and oxygen atoms in total. The number of nitrogens with zero attached hydrogens (tertiary/aromatic N) is 1. The zero-order chi connectivity index (χ0) is 61.4. The summed E-state index contributed by atoms with van der Waals surface area (Å²) in [7, 11) is 0. The smallest absolute Gasteiger partial charge is 0.253 e. The van der Waals surface area contributed by atoms with E-state index in [-0.39, 0.29) is 102 Å². The summed E-state index contributed by atoms with van der Waals surface area (Å²) in [6.07, 6.45) is 0.907. The van der Waals surface area contributed by atoms with Gasteiger partial charge in [-0.1, -0.05) is 12.8 Å². The number of unbranched alkanes of at least 4 members (excludes halogenated alkanes) is 5. The Kier molecular flexibility index (Phi) is 32.8. The van der Waals surface area contributed by atoms with Crippen molar-refractivity contribution in [3.8, 4) is 0 Å². The van der Waals surface area contributed by atoms with Gasteiger partial charge in [-0.3, -0.25) is 48.1 Å². The second-order valence-corrected chi connectivity index (χ2v) is 21.4. The highest BCUT2D eigenvalue weighted by Gasteiger charge is 2.47. The van der Waals surface area contributed by atoms with Gasteiger partial charge >= 0.3 is 0 Å². The average Bonchev–Trinajstić information content (AvgIpc) is 3.98. The molecule has 3 aliphatic heterocycles. The lowest BCUT2D eigenvalue weighted by Gasteiger charge is -2.42. The maximum absolute atomic E-state index is 13.5. The van der Waals surface area contributed by atoms with Crippen molar-refractivity contribution in [2.75, 3.05) is 72.4 Å². The molecule has 0 aromatic rings. The van der Waals surface area contributed by atoms with Crippen LogP contribution in [0.4, 0.5) is 0 Å². The van der Waals surface area contributed by atoms with Crippen molar-refractivity contribution >= 4 is 53.2 Å². The number of hydrogen-bond acceptors (Lipinski definition) is 21. The number of carbonyl (C=O) groups is 9. The van der Waals surface area contributed by atoms with E-state index in [4.69, 9.17) is 28.4 Å². The molecule has 9 amide bonds.